The Balaban J connectivity index is 2.59. The second-order valence-corrected chi connectivity index (χ2v) is 6.40. The van der Waals surface area contributed by atoms with Crippen LogP contribution in [0.5, 0.6) is 0 Å². The van der Waals surface area contributed by atoms with Crippen LogP contribution < -0.4 is 21.9 Å². The van der Waals surface area contributed by atoms with E-state index in [1.54, 1.807) is 0 Å². The molecule has 0 radical (unpaired) electrons. The lowest BCUT2D eigenvalue weighted by atomic mass is 10.2. The number of carbonyl (C=O) groups is 1. The fraction of sp³-hybridized carbons (Fsp3) is 0.471. The molecule has 9 heteroatoms. The molecule has 1 amide bonds. The van der Waals surface area contributed by atoms with Gasteiger partial charge in [-0.25, -0.2) is 9.78 Å². The number of hydrogen-bond donors (Lipinski definition) is 2. The first-order valence-electron chi connectivity index (χ1n) is 8.57. The monoisotopic (exact) mass is 360 g/mol. The van der Waals surface area contributed by atoms with Crippen molar-refractivity contribution in [2.24, 2.45) is 5.92 Å². The number of aromatic amines is 1. The summed E-state index contributed by atoms with van der Waals surface area (Å²) in [6, 6.07) is 0. The molecule has 0 saturated carbocycles. The highest BCUT2D eigenvalue weighted by atomic mass is 16.2. The summed E-state index contributed by atoms with van der Waals surface area (Å²) in [5.41, 5.74) is 4.92. The van der Waals surface area contributed by atoms with Crippen LogP contribution in [0.2, 0.25) is 0 Å². The minimum Gasteiger partial charge on any atom is -0.383 e. The van der Waals surface area contributed by atoms with Gasteiger partial charge in [0, 0.05) is 25.5 Å². The maximum atomic E-state index is 12.9. The van der Waals surface area contributed by atoms with Gasteiger partial charge in [0.05, 0.1) is 6.20 Å². The number of amides is 1. The number of anilines is 2. The average molecular weight is 360 g/mol. The van der Waals surface area contributed by atoms with Crippen molar-refractivity contribution in [2.75, 3.05) is 17.2 Å². The fourth-order valence-corrected chi connectivity index (χ4v) is 2.56. The van der Waals surface area contributed by atoms with Crippen molar-refractivity contribution in [3.63, 3.8) is 0 Å². The van der Waals surface area contributed by atoms with Gasteiger partial charge in [-0.1, -0.05) is 27.2 Å². The normalized spacial score (nSPS) is 10.9. The van der Waals surface area contributed by atoms with Crippen molar-refractivity contribution in [1.29, 1.82) is 0 Å². The highest BCUT2D eigenvalue weighted by Crippen LogP contribution is 2.20. The molecule has 2 heterocycles. The van der Waals surface area contributed by atoms with E-state index in [2.05, 4.69) is 15.0 Å². The second kappa shape index (κ2) is 8.41. The van der Waals surface area contributed by atoms with Crippen LogP contribution in [0.4, 0.5) is 11.5 Å². The Labute approximate surface area is 150 Å². The van der Waals surface area contributed by atoms with Gasteiger partial charge in [0.15, 0.2) is 5.69 Å². The predicted molar refractivity (Wildman–Crippen MR) is 99.2 cm³/mol. The summed E-state index contributed by atoms with van der Waals surface area (Å²) in [6.07, 6.45) is 5.66. The van der Waals surface area contributed by atoms with Crippen molar-refractivity contribution < 1.29 is 4.79 Å². The van der Waals surface area contributed by atoms with Gasteiger partial charge < -0.3 is 5.73 Å². The average Bonchev–Trinajstić information content (AvgIpc) is 2.61. The smallest absolute Gasteiger partial charge is 0.330 e. The zero-order valence-electron chi connectivity index (χ0n) is 15.2. The van der Waals surface area contributed by atoms with Crippen molar-refractivity contribution >= 4 is 17.4 Å². The summed E-state index contributed by atoms with van der Waals surface area (Å²) in [4.78, 5) is 48.9. The van der Waals surface area contributed by atoms with Crippen LogP contribution in [0, 0.1) is 5.92 Å². The standard InChI is InChI=1S/C17H24N6O3/c1-4-5-8-22(16(25)12-9-19-6-7-20-12)13-14(18)23(10-11(2)3)17(26)21-15(13)24/h6-7,9,11H,4-5,8,10,18H2,1-3H3,(H,21,24,26). The van der Waals surface area contributed by atoms with Crippen molar-refractivity contribution in [1.82, 2.24) is 19.5 Å². The summed E-state index contributed by atoms with van der Waals surface area (Å²) in [5.74, 6) is -0.382. The molecule has 0 aliphatic carbocycles. The molecule has 2 aromatic heterocycles. The number of H-pyrrole nitrogens is 1. The molecule has 140 valence electrons. The van der Waals surface area contributed by atoms with E-state index in [0.717, 1.165) is 6.42 Å². The van der Waals surface area contributed by atoms with Crippen LogP contribution in [0.1, 0.15) is 44.1 Å². The van der Waals surface area contributed by atoms with Gasteiger partial charge in [0.2, 0.25) is 0 Å². The first-order valence-corrected chi connectivity index (χ1v) is 8.57. The molecule has 0 saturated heterocycles. The molecule has 2 rings (SSSR count). The Hall–Kier alpha value is -2.97. The molecule has 9 nitrogen and oxygen atoms in total. The van der Waals surface area contributed by atoms with Gasteiger partial charge in [-0.05, 0) is 12.3 Å². The Kier molecular flexibility index (Phi) is 6.26. The molecule has 0 unspecified atom stereocenters. The van der Waals surface area contributed by atoms with Gasteiger partial charge in [0.1, 0.15) is 11.5 Å². The number of unbranched alkanes of at least 4 members (excludes halogenated alkanes) is 1. The van der Waals surface area contributed by atoms with Gasteiger partial charge >= 0.3 is 5.69 Å². The van der Waals surface area contributed by atoms with E-state index in [1.807, 2.05) is 20.8 Å². The van der Waals surface area contributed by atoms with E-state index in [1.165, 1.54) is 28.1 Å². The maximum Gasteiger partial charge on any atom is 0.330 e. The van der Waals surface area contributed by atoms with Gasteiger partial charge in [-0.2, -0.15) is 0 Å². The van der Waals surface area contributed by atoms with E-state index in [0.29, 0.717) is 13.0 Å². The number of carbonyl (C=O) groups excluding carboxylic acids is 1. The molecule has 0 bridgehead atoms. The van der Waals surface area contributed by atoms with E-state index >= 15 is 0 Å². The van der Waals surface area contributed by atoms with Crippen LogP contribution in [0.15, 0.2) is 28.2 Å². The lowest BCUT2D eigenvalue weighted by Crippen LogP contribution is -2.42. The number of nitrogens with two attached hydrogens (primary N) is 1. The molecule has 0 aliphatic rings. The third kappa shape index (κ3) is 4.16. The van der Waals surface area contributed by atoms with E-state index in [4.69, 9.17) is 5.73 Å². The molecular formula is C17H24N6O3. The quantitative estimate of drug-likeness (QED) is 0.759. The van der Waals surface area contributed by atoms with Crippen molar-refractivity contribution in [2.45, 2.75) is 40.2 Å². The SMILES string of the molecule is CCCCN(C(=O)c1cnccn1)c1c(N)n(CC(C)C)c(=O)[nH]c1=O. The number of rotatable bonds is 7. The van der Waals surface area contributed by atoms with E-state index in [9.17, 15) is 14.4 Å². The fourth-order valence-electron chi connectivity index (χ4n) is 2.56. The predicted octanol–water partition coefficient (Wildman–Crippen LogP) is 1.01. The number of hydrogen-bond acceptors (Lipinski definition) is 6. The lowest BCUT2D eigenvalue weighted by Gasteiger charge is -2.24. The third-order valence-electron chi connectivity index (χ3n) is 3.79. The van der Waals surface area contributed by atoms with E-state index < -0.39 is 17.2 Å². The number of nitrogens with zero attached hydrogens (tertiary/aromatic N) is 4. The summed E-state index contributed by atoms with van der Waals surface area (Å²) in [6.45, 7) is 6.43. The van der Waals surface area contributed by atoms with Gasteiger partial charge in [0.25, 0.3) is 11.5 Å². The molecule has 0 spiro atoms. The molecule has 0 atom stereocenters. The molecule has 2 aromatic rings. The van der Waals surface area contributed by atoms with Crippen LogP contribution in [-0.2, 0) is 6.54 Å². The number of nitrogens with one attached hydrogen (secondary N) is 1. The largest absolute Gasteiger partial charge is 0.383 e. The first kappa shape index (κ1) is 19.4. The summed E-state index contributed by atoms with van der Waals surface area (Å²) in [5, 5.41) is 0. The highest BCUT2D eigenvalue weighted by Gasteiger charge is 2.25. The molecule has 3 N–H and O–H groups in total. The van der Waals surface area contributed by atoms with E-state index in [-0.39, 0.29) is 29.7 Å². The number of nitrogen functional groups attached to an aromatic ring is 1. The zero-order chi connectivity index (χ0) is 19.3. The van der Waals surface area contributed by atoms with Gasteiger partial charge in [-0.15, -0.1) is 0 Å². The molecule has 0 aromatic carbocycles. The Morgan fingerprint density at radius 2 is 2.08 bits per heavy atom. The topological polar surface area (TPSA) is 127 Å². The molecule has 26 heavy (non-hydrogen) atoms. The minimum atomic E-state index is -0.694. The number of aromatic nitrogens is 4. The maximum absolute atomic E-state index is 12.9. The van der Waals surface area contributed by atoms with Crippen molar-refractivity contribution in [3.8, 4) is 0 Å². The summed E-state index contributed by atoms with van der Waals surface area (Å²) < 4.78 is 1.28. The summed E-state index contributed by atoms with van der Waals surface area (Å²) >= 11 is 0. The third-order valence-corrected chi connectivity index (χ3v) is 3.79. The first-order chi connectivity index (χ1) is 12.4. The van der Waals surface area contributed by atoms with Gasteiger partial charge in [-0.3, -0.25) is 29.0 Å². The van der Waals surface area contributed by atoms with Crippen molar-refractivity contribution in [3.05, 3.63) is 45.1 Å². The Bertz CT molecular complexity index is 872. The second-order valence-electron chi connectivity index (χ2n) is 6.40. The Morgan fingerprint density at radius 3 is 2.65 bits per heavy atom. The Morgan fingerprint density at radius 1 is 1.35 bits per heavy atom. The highest BCUT2D eigenvalue weighted by molar-refractivity contribution is 6.05. The van der Waals surface area contributed by atoms with Crippen LogP contribution >= 0.6 is 0 Å². The molecular weight excluding hydrogens is 336 g/mol. The minimum absolute atomic E-state index is 0.0270. The van der Waals surface area contributed by atoms with Crippen LogP contribution in [0.25, 0.3) is 0 Å². The lowest BCUT2D eigenvalue weighted by molar-refractivity contribution is 0.0981. The molecule has 0 aliphatic heterocycles. The van der Waals surface area contributed by atoms with Crippen LogP contribution in [0.3, 0.4) is 0 Å². The summed E-state index contributed by atoms with van der Waals surface area (Å²) in [7, 11) is 0. The zero-order valence-corrected chi connectivity index (χ0v) is 15.2. The van der Waals surface area contributed by atoms with Crippen LogP contribution in [-0.4, -0.2) is 32.0 Å². The molecule has 0 fully saturated rings.